The Morgan fingerprint density at radius 1 is 1.32 bits per heavy atom. The van der Waals surface area contributed by atoms with Crippen LogP contribution in [0.15, 0.2) is 30.0 Å². The van der Waals surface area contributed by atoms with Crippen molar-refractivity contribution in [2.45, 2.75) is 12.8 Å². The zero-order valence-corrected chi connectivity index (χ0v) is 10.2. The van der Waals surface area contributed by atoms with Crippen molar-refractivity contribution in [1.82, 2.24) is 9.97 Å². The summed E-state index contributed by atoms with van der Waals surface area (Å²) in [4.78, 5) is 19.3. The van der Waals surface area contributed by atoms with E-state index in [9.17, 15) is 18.0 Å². The van der Waals surface area contributed by atoms with Crippen LogP contribution in [0.5, 0.6) is 0 Å². The van der Waals surface area contributed by atoms with E-state index in [2.05, 4.69) is 9.97 Å². The molecule has 0 saturated heterocycles. The minimum Gasteiger partial charge on any atom is -0.456 e. The molecule has 0 aliphatic rings. The second-order valence-electron chi connectivity index (χ2n) is 3.47. The molecule has 0 aliphatic heterocycles. The molecule has 0 amide bonds. The molecule has 0 atom stereocenters. The van der Waals surface area contributed by atoms with Gasteiger partial charge in [0.25, 0.3) is 0 Å². The van der Waals surface area contributed by atoms with Gasteiger partial charge in [0, 0.05) is 12.4 Å². The zero-order chi connectivity index (χ0) is 13.9. The van der Waals surface area contributed by atoms with Crippen molar-refractivity contribution in [3.05, 3.63) is 46.2 Å². The number of thiazole rings is 1. The molecule has 2 aromatic heterocycles. The van der Waals surface area contributed by atoms with Crippen LogP contribution < -0.4 is 0 Å². The number of halogens is 3. The standard InChI is InChI=1S/C11H7F3N2O2S/c12-11(13,14)9-2-1-7(3-16-9)10(17)18-5-8-4-15-6-19-8/h1-4,6H,5H2. The quantitative estimate of drug-likeness (QED) is 0.815. The number of carbonyl (C=O) groups is 1. The third-order valence-electron chi connectivity index (χ3n) is 2.12. The van der Waals surface area contributed by atoms with Crippen molar-refractivity contribution < 1.29 is 22.7 Å². The van der Waals surface area contributed by atoms with Crippen LogP contribution in [0.1, 0.15) is 20.9 Å². The van der Waals surface area contributed by atoms with Gasteiger partial charge in [0.2, 0.25) is 0 Å². The number of alkyl halides is 3. The molecule has 0 bridgehead atoms. The molecule has 2 rings (SSSR count). The first-order valence-corrected chi connectivity index (χ1v) is 5.92. The van der Waals surface area contributed by atoms with Crippen molar-refractivity contribution in [2.24, 2.45) is 0 Å². The van der Waals surface area contributed by atoms with Gasteiger partial charge < -0.3 is 4.74 Å². The molecule has 0 aromatic carbocycles. The first kappa shape index (κ1) is 13.5. The number of esters is 1. The Kier molecular flexibility index (Phi) is 3.79. The number of carbonyl (C=O) groups excluding carboxylic acids is 1. The predicted molar refractivity (Wildman–Crippen MR) is 60.5 cm³/mol. The highest BCUT2D eigenvalue weighted by Crippen LogP contribution is 2.27. The van der Waals surface area contributed by atoms with E-state index < -0.39 is 17.8 Å². The lowest BCUT2D eigenvalue weighted by molar-refractivity contribution is -0.141. The van der Waals surface area contributed by atoms with E-state index in [4.69, 9.17) is 4.74 Å². The number of pyridine rings is 1. The third-order valence-corrected chi connectivity index (χ3v) is 2.87. The monoisotopic (exact) mass is 288 g/mol. The predicted octanol–water partition coefficient (Wildman–Crippen LogP) is 2.91. The van der Waals surface area contributed by atoms with Crippen molar-refractivity contribution in [1.29, 1.82) is 0 Å². The number of nitrogens with zero attached hydrogens (tertiary/aromatic N) is 2. The lowest BCUT2D eigenvalue weighted by Crippen LogP contribution is -2.10. The number of rotatable bonds is 3. The minimum atomic E-state index is -4.52. The van der Waals surface area contributed by atoms with Crippen LogP contribution in [0.25, 0.3) is 0 Å². The van der Waals surface area contributed by atoms with E-state index in [1.807, 2.05) is 0 Å². The Bertz CT molecular complexity index is 552. The first-order valence-electron chi connectivity index (χ1n) is 5.04. The molecule has 0 saturated carbocycles. The normalized spacial score (nSPS) is 11.3. The Hall–Kier alpha value is -1.96. The van der Waals surface area contributed by atoms with E-state index in [0.29, 0.717) is 0 Å². The van der Waals surface area contributed by atoms with E-state index in [1.54, 1.807) is 11.7 Å². The van der Waals surface area contributed by atoms with Gasteiger partial charge in [0.1, 0.15) is 12.3 Å². The Morgan fingerprint density at radius 3 is 2.63 bits per heavy atom. The topological polar surface area (TPSA) is 52.1 Å². The Morgan fingerprint density at radius 2 is 2.11 bits per heavy atom. The molecule has 4 nitrogen and oxygen atoms in total. The van der Waals surface area contributed by atoms with Gasteiger partial charge in [-0.3, -0.25) is 9.97 Å². The second-order valence-corrected chi connectivity index (χ2v) is 4.44. The summed E-state index contributed by atoms with van der Waals surface area (Å²) >= 11 is 1.31. The minimum absolute atomic E-state index is 0.0301. The number of hydrogen-bond acceptors (Lipinski definition) is 5. The maximum absolute atomic E-state index is 12.3. The molecule has 100 valence electrons. The van der Waals surface area contributed by atoms with E-state index >= 15 is 0 Å². The highest BCUT2D eigenvalue weighted by atomic mass is 32.1. The number of aromatic nitrogens is 2. The molecule has 19 heavy (non-hydrogen) atoms. The molecule has 8 heteroatoms. The molecule has 2 heterocycles. The van der Waals surface area contributed by atoms with Gasteiger partial charge in [0.15, 0.2) is 0 Å². The lowest BCUT2D eigenvalue weighted by atomic mass is 10.2. The lowest BCUT2D eigenvalue weighted by Gasteiger charge is -2.06. The molecule has 0 radical (unpaired) electrons. The molecule has 0 fully saturated rings. The van der Waals surface area contributed by atoms with Gasteiger partial charge in [0.05, 0.1) is 16.0 Å². The van der Waals surface area contributed by atoms with Gasteiger partial charge in [-0.2, -0.15) is 13.2 Å². The largest absolute Gasteiger partial charge is 0.456 e. The summed E-state index contributed by atoms with van der Waals surface area (Å²) < 4.78 is 41.7. The molecule has 0 spiro atoms. The molecule has 0 unspecified atom stereocenters. The van der Waals surface area contributed by atoms with Crippen LogP contribution >= 0.6 is 11.3 Å². The van der Waals surface area contributed by atoms with E-state index in [-0.39, 0.29) is 12.2 Å². The van der Waals surface area contributed by atoms with Crippen LogP contribution in [-0.2, 0) is 17.5 Å². The number of ether oxygens (including phenoxy) is 1. The molecule has 0 aliphatic carbocycles. The van der Waals surface area contributed by atoms with Gasteiger partial charge >= 0.3 is 12.1 Å². The third kappa shape index (κ3) is 3.50. The van der Waals surface area contributed by atoms with Crippen LogP contribution in [-0.4, -0.2) is 15.9 Å². The fourth-order valence-electron chi connectivity index (χ4n) is 1.22. The fourth-order valence-corrected chi connectivity index (χ4v) is 1.72. The average Bonchev–Trinajstić information content (AvgIpc) is 2.88. The second kappa shape index (κ2) is 5.35. The number of hydrogen-bond donors (Lipinski definition) is 0. The Labute approximate surface area is 109 Å². The highest BCUT2D eigenvalue weighted by Gasteiger charge is 2.32. The van der Waals surface area contributed by atoms with Crippen molar-refractivity contribution in [2.75, 3.05) is 0 Å². The summed E-state index contributed by atoms with van der Waals surface area (Å²) in [5.74, 6) is -0.727. The maximum atomic E-state index is 12.3. The first-order chi connectivity index (χ1) is 8.97. The van der Waals surface area contributed by atoms with Crippen molar-refractivity contribution in [3.63, 3.8) is 0 Å². The smallest absolute Gasteiger partial charge is 0.433 e. The fraction of sp³-hybridized carbons (Fsp3) is 0.182. The SMILES string of the molecule is O=C(OCc1cncs1)c1ccc(C(F)(F)F)nc1. The molecule has 0 N–H and O–H groups in total. The van der Waals surface area contributed by atoms with Crippen LogP contribution in [0, 0.1) is 0 Å². The van der Waals surface area contributed by atoms with E-state index in [0.717, 1.165) is 23.2 Å². The van der Waals surface area contributed by atoms with Crippen LogP contribution in [0.3, 0.4) is 0 Å². The summed E-state index contributed by atoms with van der Waals surface area (Å²) in [5.41, 5.74) is 0.507. The van der Waals surface area contributed by atoms with E-state index in [1.165, 1.54) is 11.3 Å². The maximum Gasteiger partial charge on any atom is 0.433 e. The van der Waals surface area contributed by atoms with Crippen molar-refractivity contribution in [3.8, 4) is 0 Å². The average molecular weight is 288 g/mol. The molecular weight excluding hydrogens is 281 g/mol. The van der Waals surface area contributed by atoms with Crippen LogP contribution in [0.4, 0.5) is 13.2 Å². The summed E-state index contributed by atoms with van der Waals surface area (Å²) in [6.07, 6.45) is -2.13. The zero-order valence-electron chi connectivity index (χ0n) is 9.35. The van der Waals surface area contributed by atoms with Gasteiger partial charge in [-0.05, 0) is 12.1 Å². The Balaban J connectivity index is 2.00. The van der Waals surface area contributed by atoms with Crippen molar-refractivity contribution >= 4 is 17.3 Å². The molecular formula is C11H7F3N2O2S. The highest BCUT2D eigenvalue weighted by molar-refractivity contribution is 7.09. The summed E-state index contributed by atoms with van der Waals surface area (Å²) in [6, 6.07) is 1.77. The van der Waals surface area contributed by atoms with Gasteiger partial charge in [-0.15, -0.1) is 11.3 Å². The van der Waals surface area contributed by atoms with Crippen LogP contribution in [0.2, 0.25) is 0 Å². The van der Waals surface area contributed by atoms with Gasteiger partial charge in [-0.1, -0.05) is 0 Å². The molecule has 2 aromatic rings. The van der Waals surface area contributed by atoms with Gasteiger partial charge in [-0.25, -0.2) is 4.79 Å². The summed E-state index contributed by atoms with van der Waals surface area (Å²) in [6.45, 7) is 0.0323. The summed E-state index contributed by atoms with van der Waals surface area (Å²) in [7, 11) is 0. The summed E-state index contributed by atoms with van der Waals surface area (Å²) in [5, 5.41) is 0.